The lowest BCUT2D eigenvalue weighted by molar-refractivity contribution is 0.629. The second kappa shape index (κ2) is 5.85. The van der Waals surface area contributed by atoms with Crippen molar-refractivity contribution in [1.29, 1.82) is 0 Å². The van der Waals surface area contributed by atoms with Crippen molar-refractivity contribution in [1.82, 2.24) is 0 Å². The summed E-state index contributed by atoms with van der Waals surface area (Å²) in [5.74, 6) is -0.257. The van der Waals surface area contributed by atoms with Gasteiger partial charge in [0.1, 0.15) is 5.82 Å². The second-order valence-corrected chi connectivity index (χ2v) is 5.84. The fourth-order valence-corrected chi connectivity index (χ4v) is 2.59. The van der Waals surface area contributed by atoms with E-state index in [1.54, 1.807) is 6.07 Å². The standard InChI is InChI=1S/C14H12Br2FN/c1-9-2-3-10(12(16)6-9)8-18-14-5-4-11(15)7-13(14)17/h2-7,18H,8H2,1H3. The number of benzene rings is 2. The van der Waals surface area contributed by atoms with E-state index in [2.05, 4.69) is 43.2 Å². The van der Waals surface area contributed by atoms with Crippen molar-refractivity contribution >= 4 is 37.5 Å². The molecule has 0 saturated carbocycles. The third-order valence-corrected chi connectivity index (χ3v) is 3.84. The molecule has 0 saturated heterocycles. The van der Waals surface area contributed by atoms with Gasteiger partial charge >= 0.3 is 0 Å². The minimum absolute atomic E-state index is 0.257. The topological polar surface area (TPSA) is 12.0 Å². The van der Waals surface area contributed by atoms with Crippen molar-refractivity contribution in [3.63, 3.8) is 0 Å². The van der Waals surface area contributed by atoms with Crippen LogP contribution in [0.2, 0.25) is 0 Å². The third kappa shape index (κ3) is 3.33. The van der Waals surface area contributed by atoms with E-state index < -0.39 is 0 Å². The van der Waals surface area contributed by atoms with E-state index >= 15 is 0 Å². The van der Waals surface area contributed by atoms with Gasteiger partial charge in [-0.2, -0.15) is 0 Å². The molecule has 0 aliphatic carbocycles. The Labute approximate surface area is 123 Å². The van der Waals surface area contributed by atoms with Gasteiger partial charge in [0.05, 0.1) is 5.69 Å². The van der Waals surface area contributed by atoms with Gasteiger partial charge in [-0.05, 0) is 42.3 Å². The average molecular weight is 373 g/mol. The molecule has 0 atom stereocenters. The predicted molar refractivity (Wildman–Crippen MR) is 80.3 cm³/mol. The molecule has 0 amide bonds. The maximum Gasteiger partial charge on any atom is 0.147 e. The third-order valence-electron chi connectivity index (χ3n) is 2.61. The van der Waals surface area contributed by atoms with Gasteiger partial charge in [-0.15, -0.1) is 0 Å². The first-order valence-corrected chi connectivity index (χ1v) is 7.09. The zero-order valence-corrected chi connectivity index (χ0v) is 13.0. The molecular weight excluding hydrogens is 361 g/mol. The van der Waals surface area contributed by atoms with Gasteiger partial charge in [0.15, 0.2) is 0 Å². The van der Waals surface area contributed by atoms with Gasteiger partial charge in [0.2, 0.25) is 0 Å². The number of hydrogen-bond donors (Lipinski definition) is 1. The number of rotatable bonds is 3. The highest BCUT2D eigenvalue weighted by molar-refractivity contribution is 9.10. The molecule has 1 N–H and O–H groups in total. The molecule has 2 rings (SSSR count). The van der Waals surface area contributed by atoms with Crippen LogP contribution in [-0.2, 0) is 6.54 Å². The van der Waals surface area contributed by atoms with Crippen molar-refractivity contribution in [3.05, 3.63) is 62.3 Å². The minimum atomic E-state index is -0.257. The zero-order chi connectivity index (χ0) is 13.1. The van der Waals surface area contributed by atoms with Crippen molar-refractivity contribution in [2.24, 2.45) is 0 Å². The Hall–Kier alpha value is -0.870. The van der Waals surface area contributed by atoms with Gasteiger partial charge in [-0.3, -0.25) is 0 Å². The number of anilines is 1. The van der Waals surface area contributed by atoms with E-state index in [9.17, 15) is 4.39 Å². The normalized spacial score (nSPS) is 10.4. The van der Waals surface area contributed by atoms with Crippen molar-refractivity contribution in [3.8, 4) is 0 Å². The van der Waals surface area contributed by atoms with E-state index in [0.717, 1.165) is 14.5 Å². The number of nitrogens with one attached hydrogen (secondary N) is 1. The number of hydrogen-bond acceptors (Lipinski definition) is 1. The molecule has 4 heteroatoms. The second-order valence-electron chi connectivity index (χ2n) is 4.07. The molecule has 2 aromatic rings. The van der Waals surface area contributed by atoms with Crippen LogP contribution in [0.4, 0.5) is 10.1 Å². The Morgan fingerprint density at radius 3 is 2.56 bits per heavy atom. The monoisotopic (exact) mass is 371 g/mol. The lowest BCUT2D eigenvalue weighted by atomic mass is 10.1. The highest BCUT2D eigenvalue weighted by Gasteiger charge is 2.04. The fourth-order valence-electron chi connectivity index (χ4n) is 1.62. The quantitative estimate of drug-likeness (QED) is 0.773. The number of aryl methyl sites for hydroxylation is 1. The van der Waals surface area contributed by atoms with Crippen molar-refractivity contribution in [2.75, 3.05) is 5.32 Å². The molecule has 0 aliphatic rings. The molecule has 0 aliphatic heterocycles. The Bertz CT molecular complexity index is 518. The zero-order valence-electron chi connectivity index (χ0n) is 9.81. The van der Waals surface area contributed by atoms with Crippen molar-refractivity contribution < 1.29 is 4.39 Å². The molecule has 2 aromatic carbocycles. The van der Waals surface area contributed by atoms with Crippen LogP contribution < -0.4 is 5.32 Å². The molecule has 0 fully saturated rings. The van der Waals surface area contributed by atoms with Crippen LogP contribution in [0, 0.1) is 12.7 Å². The molecule has 0 bridgehead atoms. The molecule has 0 heterocycles. The van der Waals surface area contributed by atoms with Crippen LogP contribution in [-0.4, -0.2) is 0 Å². The maximum atomic E-state index is 13.6. The van der Waals surface area contributed by atoms with Crippen LogP contribution in [0.25, 0.3) is 0 Å². The highest BCUT2D eigenvalue weighted by atomic mass is 79.9. The van der Waals surface area contributed by atoms with Gasteiger partial charge in [-0.25, -0.2) is 4.39 Å². The highest BCUT2D eigenvalue weighted by Crippen LogP contribution is 2.22. The molecule has 0 aromatic heterocycles. The van der Waals surface area contributed by atoms with E-state index in [-0.39, 0.29) is 5.82 Å². The molecule has 0 unspecified atom stereocenters. The molecule has 0 spiro atoms. The van der Waals surface area contributed by atoms with E-state index in [1.807, 2.05) is 25.1 Å². The summed E-state index contributed by atoms with van der Waals surface area (Å²) in [6.07, 6.45) is 0. The van der Waals surface area contributed by atoms with Crippen molar-refractivity contribution in [2.45, 2.75) is 13.5 Å². The summed E-state index contributed by atoms with van der Waals surface area (Å²) in [4.78, 5) is 0. The van der Waals surface area contributed by atoms with Crippen LogP contribution in [0.5, 0.6) is 0 Å². The van der Waals surface area contributed by atoms with Crippen LogP contribution in [0.1, 0.15) is 11.1 Å². The summed E-state index contributed by atoms with van der Waals surface area (Å²) >= 11 is 6.75. The van der Waals surface area contributed by atoms with Gasteiger partial charge < -0.3 is 5.32 Å². The summed E-state index contributed by atoms with van der Waals surface area (Å²) in [5.41, 5.74) is 2.80. The van der Waals surface area contributed by atoms with Crippen LogP contribution in [0.15, 0.2) is 45.3 Å². The molecule has 94 valence electrons. The average Bonchev–Trinajstić information content (AvgIpc) is 2.30. The number of halogens is 3. The summed E-state index contributed by atoms with van der Waals surface area (Å²) in [5, 5.41) is 3.09. The Kier molecular flexibility index (Phi) is 4.40. The molecule has 1 nitrogen and oxygen atoms in total. The summed E-state index contributed by atoms with van der Waals surface area (Å²) < 4.78 is 15.4. The predicted octanol–water partition coefficient (Wildman–Crippen LogP) is 5.27. The Balaban J connectivity index is 2.11. The van der Waals surface area contributed by atoms with E-state index in [4.69, 9.17) is 0 Å². The first-order valence-electron chi connectivity index (χ1n) is 5.50. The van der Waals surface area contributed by atoms with Crippen LogP contribution in [0.3, 0.4) is 0 Å². The molecule has 18 heavy (non-hydrogen) atoms. The molecular formula is C14H12Br2FN. The fraction of sp³-hybridized carbons (Fsp3) is 0.143. The van der Waals surface area contributed by atoms with E-state index in [0.29, 0.717) is 12.2 Å². The Morgan fingerprint density at radius 2 is 1.89 bits per heavy atom. The summed E-state index contributed by atoms with van der Waals surface area (Å²) in [6, 6.07) is 11.1. The SMILES string of the molecule is Cc1ccc(CNc2ccc(Br)cc2F)c(Br)c1. The smallest absolute Gasteiger partial charge is 0.147 e. The maximum absolute atomic E-state index is 13.6. The summed E-state index contributed by atoms with van der Waals surface area (Å²) in [7, 11) is 0. The first-order chi connectivity index (χ1) is 8.56. The summed E-state index contributed by atoms with van der Waals surface area (Å²) in [6.45, 7) is 2.62. The molecule has 0 radical (unpaired) electrons. The van der Waals surface area contributed by atoms with Gasteiger partial charge in [0.25, 0.3) is 0 Å². The van der Waals surface area contributed by atoms with Gasteiger partial charge in [0, 0.05) is 15.5 Å². The lowest BCUT2D eigenvalue weighted by Crippen LogP contribution is -2.02. The minimum Gasteiger partial charge on any atom is -0.379 e. The van der Waals surface area contributed by atoms with Crippen LogP contribution >= 0.6 is 31.9 Å². The van der Waals surface area contributed by atoms with Gasteiger partial charge in [-0.1, -0.05) is 44.0 Å². The van der Waals surface area contributed by atoms with E-state index in [1.165, 1.54) is 11.6 Å². The Morgan fingerprint density at radius 1 is 1.11 bits per heavy atom. The lowest BCUT2D eigenvalue weighted by Gasteiger charge is -2.10. The largest absolute Gasteiger partial charge is 0.379 e. The first kappa shape index (κ1) is 13.6.